The maximum Gasteiger partial charge on any atom is 0.0594 e. The van der Waals surface area contributed by atoms with Crippen molar-refractivity contribution in [1.29, 1.82) is 0 Å². The zero-order valence-corrected chi connectivity index (χ0v) is 9.87. The molecular weight excluding hydrogens is 188 g/mol. The molecule has 1 aliphatic heterocycles. The van der Waals surface area contributed by atoms with Gasteiger partial charge in [-0.25, -0.2) is 0 Å². The van der Waals surface area contributed by atoms with Crippen LogP contribution in [0.4, 0.5) is 0 Å². The van der Waals surface area contributed by atoms with Crippen molar-refractivity contribution in [2.75, 3.05) is 39.9 Å². The molecule has 1 aliphatic carbocycles. The quantitative estimate of drug-likeness (QED) is 0.758. The molecule has 1 saturated carbocycles. The molecule has 0 spiro atoms. The maximum atomic E-state index is 5.38. The van der Waals surface area contributed by atoms with Crippen LogP contribution >= 0.6 is 0 Å². The van der Waals surface area contributed by atoms with E-state index in [2.05, 4.69) is 17.3 Å². The molecule has 0 bridgehead atoms. The second kappa shape index (κ2) is 5.83. The van der Waals surface area contributed by atoms with Crippen molar-refractivity contribution in [2.45, 2.75) is 31.7 Å². The van der Waals surface area contributed by atoms with Crippen molar-refractivity contribution < 1.29 is 4.74 Å². The average molecular weight is 212 g/mol. The summed E-state index contributed by atoms with van der Waals surface area (Å²) >= 11 is 0. The Bertz CT molecular complexity index is 180. The van der Waals surface area contributed by atoms with Crippen LogP contribution in [0.15, 0.2) is 0 Å². The monoisotopic (exact) mass is 212 g/mol. The highest BCUT2D eigenvalue weighted by molar-refractivity contribution is 4.79. The van der Waals surface area contributed by atoms with E-state index in [-0.39, 0.29) is 0 Å². The van der Waals surface area contributed by atoms with Gasteiger partial charge in [0, 0.05) is 25.7 Å². The van der Waals surface area contributed by atoms with Gasteiger partial charge in [0.2, 0.25) is 0 Å². The summed E-state index contributed by atoms with van der Waals surface area (Å²) in [7, 11) is 2.10. The molecule has 15 heavy (non-hydrogen) atoms. The molecule has 88 valence electrons. The van der Waals surface area contributed by atoms with E-state index in [0.29, 0.717) is 0 Å². The lowest BCUT2D eigenvalue weighted by Crippen LogP contribution is -2.42. The number of nitrogens with zero attached hydrogens (tertiary/aromatic N) is 1. The van der Waals surface area contributed by atoms with Crippen molar-refractivity contribution in [3.8, 4) is 0 Å². The Morgan fingerprint density at radius 3 is 2.80 bits per heavy atom. The molecule has 0 aromatic carbocycles. The van der Waals surface area contributed by atoms with Gasteiger partial charge in [-0.2, -0.15) is 0 Å². The Labute approximate surface area is 93.2 Å². The number of ether oxygens (including phenoxy) is 1. The summed E-state index contributed by atoms with van der Waals surface area (Å²) in [5.41, 5.74) is 0. The highest BCUT2D eigenvalue weighted by Gasteiger charge is 2.23. The average Bonchev–Trinajstić information content (AvgIpc) is 2.31. The summed E-state index contributed by atoms with van der Waals surface area (Å²) in [4.78, 5) is 2.58. The third kappa shape index (κ3) is 3.44. The normalized spacial score (nSPS) is 34.2. The Morgan fingerprint density at radius 2 is 2.07 bits per heavy atom. The van der Waals surface area contributed by atoms with Crippen LogP contribution in [0.5, 0.6) is 0 Å². The third-order valence-electron chi connectivity index (χ3n) is 3.81. The van der Waals surface area contributed by atoms with Crippen molar-refractivity contribution >= 4 is 0 Å². The lowest BCUT2D eigenvalue weighted by atomic mass is 9.85. The minimum atomic E-state index is 0.768. The molecule has 2 atom stereocenters. The van der Waals surface area contributed by atoms with E-state index in [0.717, 1.165) is 38.3 Å². The van der Waals surface area contributed by atoms with Crippen molar-refractivity contribution in [2.24, 2.45) is 5.92 Å². The largest absolute Gasteiger partial charge is 0.379 e. The molecule has 2 rings (SSSR count). The Balaban J connectivity index is 1.72. The molecule has 3 heteroatoms. The fraction of sp³-hybridized carbons (Fsp3) is 1.00. The molecule has 1 N–H and O–H groups in total. The van der Waals surface area contributed by atoms with Crippen LogP contribution in [0.25, 0.3) is 0 Å². The van der Waals surface area contributed by atoms with Crippen LogP contribution in [0.3, 0.4) is 0 Å². The van der Waals surface area contributed by atoms with Crippen molar-refractivity contribution in [1.82, 2.24) is 10.2 Å². The highest BCUT2D eigenvalue weighted by Crippen LogP contribution is 2.25. The van der Waals surface area contributed by atoms with Crippen LogP contribution < -0.4 is 5.32 Å². The summed E-state index contributed by atoms with van der Waals surface area (Å²) in [6.45, 7) is 5.44. The zero-order valence-electron chi connectivity index (χ0n) is 9.87. The summed E-state index contributed by atoms with van der Waals surface area (Å²) in [6.07, 6.45) is 5.57. The van der Waals surface area contributed by atoms with Crippen LogP contribution in [0.1, 0.15) is 25.7 Å². The van der Waals surface area contributed by atoms with E-state index < -0.39 is 0 Å². The summed E-state index contributed by atoms with van der Waals surface area (Å²) in [6, 6.07) is 0.768. The van der Waals surface area contributed by atoms with Gasteiger partial charge in [-0.15, -0.1) is 0 Å². The van der Waals surface area contributed by atoms with E-state index in [1.54, 1.807) is 0 Å². The van der Waals surface area contributed by atoms with Gasteiger partial charge < -0.3 is 10.1 Å². The van der Waals surface area contributed by atoms with Gasteiger partial charge >= 0.3 is 0 Å². The SMILES string of the molecule is CNC1CCCC(CN2CCOCC2)C1. The molecule has 0 amide bonds. The first-order valence-corrected chi connectivity index (χ1v) is 6.36. The first-order valence-electron chi connectivity index (χ1n) is 6.36. The summed E-state index contributed by atoms with van der Waals surface area (Å²) < 4.78 is 5.38. The molecule has 3 nitrogen and oxygen atoms in total. The molecule has 0 radical (unpaired) electrons. The number of hydrogen-bond donors (Lipinski definition) is 1. The van der Waals surface area contributed by atoms with Crippen molar-refractivity contribution in [3.05, 3.63) is 0 Å². The lowest BCUT2D eigenvalue weighted by molar-refractivity contribution is 0.0268. The predicted octanol–water partition coefficient (Wildman–Crippen LogP) is 1.10. The van der Waals surface area contributed by atoms with Crippen LogP contribution in [0.2, 0.25) is 0 Å². The van der Waals surface area contributed by atoms with E-state index in [4.69, 9.17) is 4.74 Å². The van der Waals surface area contributed by atoms with Crippen molar-refractivity contribution in [3.63, 3.8) is 0 Å². The lowest BCUT2D eigenvalue weighted by Gasteiger charge is -2.34. The fourth-order valence-electron chi connectivity index (χ4n) is 2.87. The molecule has 1 saturated heterocycles. The van der Waals surface area contributed by atoms with Gasteiger partial charge in [-0.1, -0.05) is 6.42 Å². The number of rotatable bonds is 3. The minimum Gasteiger partial charge on any atom is -0.379 e. The molecule has 1 heterocycles. The number of nitrogens with one attached hydrogen (secondary N) is 1. The van der Waals surface area contributed by atoms with Crippen LogP contribution in [-0.2, 0) is 4.74 Å². The Hall–Kier alpha value is -0.120. The highest BCUT2D eigenvalue weighted by atomic mass is 16.5. The molecule has 2 fully saturated rings. The van der Waals surface area contributed by atoms with Crippen LogP contribution in [0, 0.1) is 5.92 Å². The zero-order chi connectivity index (χ0) is 10.5. The van der Waals surface area contributed by atoms with Crippen LogP contribution in [-0.4, -0.2) is 50.8 Å². The molecular formula is C12H24N2O. The van der Waals surface area contributed by atoms with Gasteiger partial charge in [0.25, 0.3) is 0 Å². The fourth-order valence-corrected chi connectivity index (χ4v) is 2.87. The van der Waals surface area contributed by atoms with E-state index >= 15 is 0 Å². The number of morpholine rings is 1. The smallest absolute Gasteiger partial charge is 0.0594 e. The van der Waals surface area contributed by atoms with Gasteiger partial charge in [-0.3, -0.25) is 4.90 Å². The minimum absolute atomic E-state index is 0.768. The third-order valence-corrected chi connectivity index (χ3v) is 3.81. The molecule has 0 aromatic rings. The molecule has 0 aromatic heterocycles. The first kappa shape index (κ1) is 11.4. The Morgan fingerprint density at radius 1 is 1.27 bits per heavy atom. The maximum absolute atomic E-state index is 5.38. The topological polar surface area (TPSA) is 24.5 Å². The Kier molecular flexibility index (Phi) is 4.42. The van der Waals surface area contributed by atoms with Gasteiger partial charge in [0.1, 0.15) is 0 Å². The van der Waals surface area contributed by atoms with Gasteiger partial charge in [0.05, 0.1) is 13.2 Å². The summed E-state index contributed by atoms with van der Waals surface area (Å²) in [5.74, 6) is 0.911. The summed E-state index contributed by atoms with van der Waals surface area (Å²) in [5, 5.41) is 3.43. The standard InChI is InChI=1S/C12H24N2O/c1-13-12-4-2-3-11(9-12)10-14-5-7-15-8-6-14/h11-13H,2-10H2,1H3. The molecule has 2 unspecified atom stereocenters. The van der Waals surface area contributed by atoms with Gasteiger partial charge in [-0.05, 0) is 32.2 Å². The predicted molar refractivity (Wildman–Crippen MR) is 62.1 cm³/mol. The van der Waals surface area contributed by atoms with E-state index in [1.807, 2.05) is 0 Å². The second-order valence-electron chi connectivity index (χ2n) is 4.93. The number of hydrogen-bond acceptors (Lipinski definition) is 3. The first-order chi connectivity index (χ1) is 7.38. The van der Waals surface area contributed by atoms with E-state index in [9.17, 15) is 0 Å². The second-order valence-corrected chi connectivity index (χ2v) is 4.93. The van der Waals surface area contributed by atoms with E-state index in [1.165, 1.54) is 32.2 Å². The van der Waals surface area contributed by atoms with Gasteiger partial charge in [0.15, 0.2) is 0 Å². The molecule has 2 aliphatic rings.